The Labute approximate surface area is 220 Å². The fraction of sp³-hybridized carbons (Fsp3) is 0.417. The second kappa shape index (κ2) is 12.7. The first kappa shape index (κ1) is 29.8. The Kier molecular flexibility index (Phi) is 10.5. The lowest BCUT2D eigenvalue weighted by Gasteiger charge is -2.33. The van der Waals surface area contributed by atoms with Crippen molar-refractivity contribution < 1.29 is 26.8 Å². The Morgan fingerprint density at radius 3 is 2.22 bits per heavy atom. The minimum Gasteiger partial charge on any atom is -0.354 e. The zero-order valence-electron chi connectivity index (χ0n) is 20.4. The number of nitrogens with one attached hydrogen (secondary N) is 1. The van der Waals surface area contributed by atoms with Gasteiger partial charge < -0.3 is 10.2 Å². The van der Waals surface area contributed by atoms with Crippen LogP contribution >= 0.6 is 23.2 Å². The summed E-state index contributed by atoms with van der Waals surface area (Å²) in [5.74, 6) is -3.38. The Balaban J connectivity index is 2.46. The molecule has 2 amide bonds. The van der Waals surface area contributed by atoms with Crippen LogP contribution in [-0.4, -0.2) is 50.5 Å². The molecule has 0 heterocycles. The number of hydrogen-bond acceptors (Lipinski definition) is 4. The molecule has 0 spiro atoms. The van der Waals surface area contributed by atoms with Gasteiger partial charge in [-0.2, -0.15) is 0 Å². The highest BCUT2D eigenvalue weighted by atomic mass is 35.5. The number of halogens is 4. The van der Waals surface area contributed by atoms with E-state index in [4.69, 9.17) is 23.2 Å². The number of hydrogen-bond donors (Lipinski definition) is 1. The summed E-state index contributed by atoms with van der Waals surface area (Å²) < 4.78 is 53.0. The van der Waals surface area contributed by atoms with E-state index in [0.717, 1.165) is 18.4 Å². The number of benzene rings is 2. The monoisotopic (exact) mass is 563 g/mol. The summed E-state index contributed by atoms with van der Waals surface area (Å²) in [5.41, 5.74) is 0.336. The highest BCUT2D eigenvalue weighted by Crippen LogP contribution is 2.25. The van der Waals surface area contributed by atoms with Crippen molar-refractivity contribution in [3.05, 3.63) is 63.6 Å². The molecule has 1 N–H and O–H groups in total. The molecule has 0 aliphatic rings. The third-order valence-corrected chi connectivity index (χ3v) is 7.16. The molecule has 2 aromatic carbocycles. The van der Waals surface area contributed by atoms with Gasteiger partial charge in [-0.3, -0.25) is 13.9 Å². The van der Waals surface area contributed by atoms with Gasteiger partial charge in [-0.1, -0.05) is 50.0 Å². The van der Waals surface area contributed by atoms with E-state index >= 15 is 0 Å². The lowest BCUT2D eigenvalue weighted by molar-refractivity contribution is -0.140. The van der Waals surface area contributed by atoms with Crippen molar-refractivity contribution in [1.29, 1.82) is 0 Å². The van der Waals surface area contributed by atoms with Crippen molar-refractivity contribution in [3.63, 3.8) is 0 Å². The Morgan fingerprint density at radius 1 is 1.03 bits per heavy atom. The third kappa shape index (κ3) is 8.04. The standard InChI is InChI=1S/C24H29Cl2F2N3O4S/c1-5-22(24(33)29-12-15(2)3)30(13-16-6-8-18(25)19(26)10-16)23(32)14-31(36(4,34)35)17-7-9-20(27)21(28)11-17/h6-11,15,22H,5,12-14H2,1-4H3,(H,29,33). The third-order valence-electron chi connectivity index (χ3n) is 5.28. The number of carbonyl (C=O) groups is 2. The minimum atomic E-state index is -4.08. The summed E-state index contributed by atoms with van der Waals surface area (Å²) in [4.78, 5) is 27.8. The van der Waals surface area contributed by atoms with Crippen LogP contribution in [0.1, 0.15) is 32.8 Å². The van der Waals surface area contributed by atoms with Gasteiger partial charge in [-0.05, 0) is 42.2 Å². The van der Waals surface area contributed by atoms with Gasteiger partial charge in [-0.15, -0.1) is 0 Å². The molecule has 2 rings (SSSR count). The highest BCUT2D eigenvalue weighted by molar-refractivity contribution is 7.92. The maximum atomic E-state index is 13.9. The van der Waals surface area contributed by atoms with E-state index in [2.05, 4.69) is 5.32 Å². The van der Waals surface area contributed by atoms with Crippen LogP contribution < -0.4 is 9.62 Å². The van der Waals surface area contributed by atoms with E-state index in [1.165, 1.54) is 4.90 Å². The largest absolute Gasteiger partial charge is 0.354 e. The molecule has 1 atom stereocenters. The molecule has 1 unspecified atom stereocenters. The second-order valence-corrected chi connectivity index (χ2v) is 11.4. The Hall–Kier alpha value is -2.43. The van der Waals surface area contributed by atoms with Gasteiger partial charge in [0, 0.05) is 19.2 Å². The topological polar surface area (TPSA) is 86.8 Å². The molecule has 36 heavy (non-hydrogen) atoms. The van der Waals surface area contributed by atoms with Gasteiger partial charge in [0.25, 0.3) is 0 Å². The number of amides is 2. The maximum absolute atomic E-state index is 13.9. The quantitative estimate of drug-likeness (QED) is 0.432. The molecule has 0 aromatic heterocycles. The molecule has 0 aliphatic heterocycles. The molecule has 0 saturated heterocycles. The molecule has 0 aliphatic carbocycles. The van der Waals surface area contributed by atoms with E-state index < -0.39 is 46.1 Å². The predicted octanol–water partition coefficient (Wildman–Crippen LogP) is 4.62. The lowest BCUT2D eigenvalue weighted by Crippen LogP contribution is -2.52. The number of nitrogens with zero attached hydrogens (tertiary/aromatic N) is 2. The van der Waals surface area contributed by atoms with Crippen LogP contribution in [0.15, 0.2) is 36.4 Å². The summed E-state index contributed by atoms with van der Waals surface area (Å²) in [6.45, 7) is 5.14. The average molecular weight is 564 g/mol. The predicted molar refractivity (Wildman–Crippen MR) is 137 cm³/mol. The molecule has 0 bridgehead atoms. The van der Waals surface area contributed by atoms with Crippen LogP contribution in [0, 0.1) is 17.6 Å². The number of carbonyl (C=O) groups excluding carboxylic acids is 2. The van der Waals surface area contributed by atoms with Crippen LogP contribution in [-0.2, 0) is 26.2 Å². The van der Waals surface area contributed by atoms with Gasteiger partial charge in [-0.25, -0.2) is 17.2 Å². The van der Waals surface area contributed by atoms with Crippen molar-refractivity contribution in [3.8, 4) is 0 Å². The molecule has 0 fully saturated rings. The summed E-state index contributed by atoms with van der Waals surface area (Å²) in [5, 5.41) is 3.36. The minimum absolute atomic E-state index is 0.0707. The lowest BCUT2D eigenvalue weighted by atomic mass is 10.1. The fourth-order valence-corrected chi connectivity index (χ4v) is 4.59. The van der Waals surface area contributed by atoms with E-state index in [1.807, 2.05) is 13.8 Å². The number of rotatable bonds is 11. The Morgan fingerprint density at radius 2 is 1.69 bits per heavy atom. The van der Waals surface area contributed by atoms with Gasteiger partial charge >= 0.3 is 0 Å². The van der Waals surface area contributed by atoms with Crippen LogP contribution in [0.5, 0.6) is 0 Å². The van der Waals surface area contributed by atoms with Crippen molar-refractivity contribution in [1.82, 2.24) is 10.2 Å². The summed E-state index contributed by atoms with van der Waals surface area (Å²) in [6.07, 6.45) is 1.08. The molecule has 7 nitrogen and oxygen atoms in total. The van der Waals surface area contributed by atoms with Crippen molar-refractivity contribution in [2.24, 2.45) is 5.92 Å². The first-order chi connectivity index (χ1) is 16.7. The van der Waals surface area contributed by atoms with Crippen LogP contribution in [0.4, 0.5) is 14.5 Å². The summed E-state index contributed by atoms with van der Waals surface area (Å²) >= 11 is 12.1. The summed E-state index contributed by atoms with van der Waals surface area (Å²) in [7, 11) is -4.08. The number of sulfonamides is 1. The SMILES string of the molecule is CCC(C(=O)NCC(C)C)N(Cc1ccc(Cl)c(Cl)c1)C(=O)CN(c1ccc(F)c(F)c1)S(C)(=O)=O. The molecular weight excluding hydrogens is 535 g/mol. The molecule has 0 saturated carbocycles. The number of anilines is 1. The van der Waals surface area contributed by atoms with Gasteiger partial charge in [0.2, 0.25) is 21.8 Å². The van der Waals surface area contributed by atoms with E-state index in [-0.39, 0.29) is 29.6 Å². The van der Waals surface area contributed by atoms with Gasteiger partial charge in [0.1, 0.15) is 12.6 Å². The first-order valence-corrected chi connectivity index (χ1v) is 13.8. The van der Waals surface area contributed by atoms with Crippen LogP contribution in [0.25, 0.3) is 0 Å². The van der Waals surface area contributed by atoms with E-state index in [9.17, 15) is 26.8 Å². The molecule has 12 heteroatoms. The van der Waals surface area contributed by atoms with Crippen molar-refractivity contribution >= 4 is 50.7 Å². The Bertz CT molecular complexity index is 1210. The molecule has 0 radical (unpaired) electrons. The van der Waals surface area contributed by atoms with Crippen molar-refractivity contribution in [2.75, 3.05) is 23.7 Å². The highest BCUT2D eigenvalue weighted by Gasteiger charge is 2.32. The maximum Gasteiger partial charge on any atom is 0.244 e. The average Bonchev–Trinajstić information content (AvgIpc) is 2.79. The van der Waals surface area contributed by atoms with Gasteiger partial charge in [0.05, 0.1) is 22.0 Å². The summed E-state index contributed by atoms with van der Waals surface area (Å²) in [6, 6.07) is 6.32. The first-order valence-electron chi connectivity index (χ1n) is 11.2. The molecular formula is C24H29Cl2F2N3O4S. The van der Waals surface area contributed by atoms with Crippen molar-refractivity contribution in [2.45, 2.75) is 39.8 Å². The fourth-order valence-electron chi connectivity index (χ4n) is 3.43. The van der Waals surface area contributed by atoms with Crippen LogP contribution in [0.3, 0.4) is 0 Å². The second-order valence-electron chi connectivity index (χ2n) is 8.70. The van der Waals surface area contributed by atoms with E-state index in [1.54, 1.807) is 25.1 Å². The van der Waals surface area contributed by atoms with Crippen LogP contribution in [0.2, 0.25) is 10.0 Å². The zero-order chi connectivity index (χ0) is 27.2. The van der Waals surface area contributed by atoms with E-state index in [0.29, 0.717) is 27.5 Å². The molecule has 2 aromatic rings. The smallest absolute Gasteiger partial charge is 0.244 e. The molecule has 198 valence electrons. The zero-order valence-corrected chi connectivity index (χ0v) is 22.7. The normalized spacial score (nSPS) is 12.4. The van der Waals surface area contributed by atoms with Gasteiger partial charge in [0.15, 0.2) is 11.6 Å².